The molecule has 0 spiro atoms. The largest absolute Gasteiger partial charge is 0.495 e. The molecule has 0 aromatic heterocycles. The zero-order chi connectivity index (χ0) is 17.5. The third-order valence-electron chi connectivity index (χ3n) is 3.32. The van der Waals surface area contributed by atoms with Crippen molar-refractivity contribution in [2.45, 2.75) is 19.8 Å². The van der Waals surface area contributed by atoms with Gasteiger partial charge in [-0.2, -0.15) is 0 Å². The molecule has 6 heteroatoms. The summed E-state index contributed by atoms with van der Waals surface area (Å²) in [6.45, 7) is 1.95. The zero-order valence-corrected chi connectivity index (χ0v) is 14.3. The molecule has 5 nitrogen and oxygen atoms in total. The zero-order valence-electron chi connectivity index (χ0n) is 13.6. The van der Waals surface area contributed by atoms with Crippen LogP contribution in [0.15, 0.2) is 42.5 Å². The van der Waals surface area contributed by atoms with Crippen LogP contribution >= 0.6 is 11.6 Å². The van der Waals surface area contributed by atoms with E-state index in [2.05, 4.69) is 10.6 Å². The molecule has 0 fully saturated rings. The Labute approximate surface area is 146 Å². The van der Waals surface area contributed by atoms with E-state index in [9.17, 15) is 9.59 Å². The predicted molar refractivity (Wildman–Crippen MR) is 95.9 cm³/mol. The molecule has 0 bridgehead atoms. The Hall–Kier alpha value is -2.53. The van der Waals surface area contributed by atoms with Crippen LogP contribution in [0.5, 0.6) is 5.75 Å². The van der Waals surface area contributed by atoms with Crippen molar-refractivity contribution >= 4 is 34.8 Å². The fraction of sp³-hybridized carbons (Fsp3) is 0.222. The second kappa shape index (κ2) is 8.36. The number of anilines is 2. The van der Waals surface area contributed by atoms with E-state index in [1.165, 1.54) is 7.11 Å². The maximum atomic E-state index is 12.2. The molecule has 0 heterocycles. The highest BCUT2D eigenvalue weighted by atomic mass is 35.5. The molecule has 0 aliphatic rings. The lowest BCUT2D eigenvalue weighted by Crippen LogP contribution is -2.13. The summed E-state index contributed by atoms with van der Waals surface area (Å²) >= 11 is 6.03. The van der Waals surface area contributed by atoms with Gasteiger partial charge in [0.15, 0.2) is 0 Å². The van der Waals surface area contributed by atoms with Gasteiger partial charge in [-0.1, -0.05) is 18.5 Å². The Bertz CT molecular complexity index is 730. The van der Waals surface area contributed by atoms with Crippen molar-refractivity contribution in [2.24, 2.45) is 0 Å². The fourth-order valence-electron chi connectivity index (χ4n) is 2.10. The molecule has 0 atom stereocenters. The minimum absolute atomic E-state index is 0.0258. The predicted octanol–water partition coefficient (Wildman–Crippen LogP) is 4.34. The van der Waals surface area contributed by atoms with Gasteiger partial charge in [0.05, 0.1) is 12.1 Å². The molecule has 0 unspecified atom stereocenters. The summed E-state index contributed by atoms with van der Waals surface area (Å²) in [6, 6.07) is 11.8. The molecule has 2 rings (SSSR count). The minimum Gasteiger partial charge on any atom is -0.495 e. The first kappa shape index (κ1) is 17.8. The Kier molecular flexibility index (Phi) is 6.21. The number of nitrogens with one attached hydrogen (secondary N) is 2. The number of halogens is 1. The van der Waals surface area contributed by atoms with Gasteiger partial charge in [-0.3, -0.25) is 9.59 Å². The lowest BCUT2D eigenvalue weighted by Gasteiger charge is -2.09. The van der Waals surface area contributed by atoms with Crippen LogP contribution in [0.2, 0.25) is 5.02 Å². The molecule has 0 aliphatic heterocycles. The first-order chi connectivity index (χ1) is 11.5. The Morgan fingerprint density at radius 1 is 1.04 bits per heavy atom. The van der Waals surface area contributed by atoms with E-state index in [1.54, 1.807) is 42.5 Å². The summed E-state index contributed by atoms with van der Waals surface area (Å²) in [6.07, 6.45) is 1.28. The average molecular weight is 347 g/mol. The third kappa shape index (κ3) is 4.73. The van der Waals surface area contributed by atoms with Gasteiger partial charge in [0.25, 0.3) is 5.91 Å². The highest BCUT2D eigenvalue weighted by Gasteiger charge is 2.09. The maximum absolute atomic E-state index is 12.2. The van der Waals surface area contributed by atoms with E-state index < -0.39 is 0 Å². The summed E-state index contributed by atoms with van der Waals surface area (Å²) in [4.78, 5) is 23.8. The second-order valence-electron chi connectivity index (χ2n) is 5.18. The SMILES string of the molecule is CCCC(=O)Nc1ccc(NC(=O)c2ccc(OC)c(Cl)c2)cc1. The highest BCUT2D eigenvalue weighted by Crippen LogP contribution is 2.25. The standard InChI is InChI=1S/C18H19ClN2O3/c1-3-4-17(22)20-13-6-8-14(9-7-13)21-18(23)12-5-10-16(24-2)15(19)11-12/h5-11H,3-4H2,1-2H3,(H,20,22)(H,21,23). The topological polar surface area (TPSA) is 67.4 Å². The number of benzene rings is 2. The normalized spacial score (nSPS) is 10.1. The van der Waals surface area contributed by atoms with Crippen LogP contribution in [-0.2, 0) is 4.79 Å². The Morgan fingerprint density at radius 2 is 1.67 bits per heavy atom. The van der Waals surface area contributed by atoms with Gasteiger partial charge >= 0.3 is 0 Å². The Morgan fingerprint density at radius 3 is 2.21 bits per heavy atom. The molecule has 0 saturated heterocycles. The van der Waals surface area contributed by atoms with Crippen LogP contribution in [0.1, 0.15) is 30.1 Å². The van der Waals surface area contributed by atoms with Crippen LogP contribution < -0.4 is 15.4 Å². The van der Waals surface area contributed by atoms with Crippen molar-refractivity contribution in [3.63, 3.8) is 0 Å². The number of hydrogen-bond acceptors (Lipinski definition) is 3. The van der Waals surface area contributed by atoms with E-state index in [4.69, 9.17) is 16.3 Å². The van der Waals surface area contributed by atoms with Crippen molar-refractivity contribution in [3.05, 3.63) is 53.1 Å². The van der Waals surface area contributed by atoms with E-state index in [1.807, 2.05) is 6.92 Å². The van der Waals surface area contributed by atoms with E-state index in [-0.39, 0.29) is 11.8 Å². The van der Waals surface area contributed by atoms with Gasteiger partial charge in [0.2, 0.25) is 5.91 Å². The van der Waals surface area contributed by atoms with Gasteiger partial charge in [0, 0.05) is 23.4 Å². The van der Waals surface area contributed by atoms with Gasteiger partial charge in [-0.15, -0.1) is 0 Å². The summed E-state index contributed by atoms with van der Waals surface area (Å²) in [5.41, 5.74) is 1.75. The molecule has 0 aliphatic carbocycles. The molecule has 0 saturated carbocycles. The van der Waals surface area contributed by atoms with Gasteiger partial charge < -0.3 is 15.4 Å². The molecule has 2 aromatic carbocycles. The van der Waals surface area contributed by atoms with Crippen molar-refractivity contribution < 1.29 is 14.3 Å². The van der Waals surface area contributed by atoms with E-state index >= 15 is 0 Å². The third-order valence-corrected chi connectivity index (χ3v) is 3.61. The molecule has 2 amide bonds. The highest BCUT2D eigenvalue weighted by molar-refractivity contribution is 6.32. The smallest absolute Gasteiger partial charge is 0.255 e. The van der Waals surface area contributed by atoms with Crippen molar-refractivity contribution in [3.8, 4) is 5.75 Å². The number of carbonyl (C=O) groups excluding carboxylic acids is 2. The number of amides is 2. The van der Waals surface area contributed by atoms with Crippen LogP contribution in [0.25, 0.3) is 0 Å². The van der Waals surface area contributed by atoms with Crippen molar-refractivity contribution in [1.29, 1.82) is 0 Å². The number of ether oxygens (including phenoxy) is 1. The average Bonchev–Trinajstić information content (AvgIpc) is 2.56. The molecule has 24 heavy (non-hydrogen) atoms. The minimum atomic E-state index is -0.276. The van der Waals surface area contributed by atoms with Gasteiger partial charge in [-0.05, 0) is 48.9 Å². The summed E-state index contributed by atoms with van der Waals surface area (Å²) in [5.74, 6) is 0.213. The van der Waals surface area contributed by atoms with Crippen LogP contribution in [0.4, 0.5) is 11.4 Å². The molecular weight excluding hydrogens is 328 g/mol. The number of hydrogen-bond donors (Lipinski definition) is 2. The van der Waals surface area contributed by atoms with Crippen LogP contribution in [-0.4, -0.2) is 18.9 Å². The van der Waals surface area contributed by atoms with Gasteiger partial charge in [0.1, 0.15) is 5.75 Å². The lowest BCUT2D eigenvalue weighted by atomic mass is 10.2. The van der Waals surface area contributed by atoms with Crippen LogP contribution in [0.3, 0.4) is 0 Å². The summed E-state index contributed by atoms with van der Waals surface area (Å²) in [5, 5.41) is 5.94. The summed E-state index contributed by atoms with van der Waals surface area (Å²) in [7, 11) is 1.52. The maximum Gasteiger partial charge on any atom is 0.255 e. The Balaban J connectivity index is 2.01. The van der Waals surface area contributed by atoms with Crippen molar-refractivity contribution in [2.75, 3.05) is 17.7 Å². The van der Waals surface area contributed by atoms with E-state index in [0.29, 0.717) is 34.1 Å². The molecule has 126 valence electrons. The number of methoxy groups -OCH3 is 1. The number of rotatable bonds is 6. The second-order valence-corrected chi connectivity index (χ2v) is 5.59. The monoisotopic (exact) mass is 346 g/mol. The van der Waals surface area contributed by atoms with Crippen LogP contribution in [0, 0.1) is 0 Å². The lowest BCUT2D eigenvalue weighted by molar-refractivity contribution is -0.116. The summed E-state index contributed by atoms with van der Waals surface area (Å²) < 4.78 is 5.06. The first-order valence-corrected chi connectivity index (χ1v) is 7.96. The molecular formula is C18H19ClN2O3. The number of carbonyl (C=O) groups is 2. The fourth-order valence-corrected chi connectivity index (χ4v) is 2.36. The van der Waals surface area contributed by atoms with Gasteiger partial charge in [-0.25, -0.2) is 0 Å². The van der Waals surface area contributed by atoms with E-state index in [0.717, 1.165) is 6.42 Å². The first-order valence-electron chi connectivity index (χ1n) is 7.58. The molecule has 0 radical (unpaired) electrons. The molecule has 2 N–H and O–H groups in total. The molecule has 2 aromatic rings. The quantitative estimate of drug-likeness (QED) is 0.817. The van der Waals surface area contributed by atoms with Crippen molar-refractivity contribution in [1.82, 2.24) is 0 Å².